The third-order valence-electron chi connectivity index (χ3n) is 6.14. The summed E-state index contributed by atoms with van der Waals surface area (Å²) in [7, 11) is 0. The van der Waals surface area contributed by atoms with E-state index in [9.17, 15) is 19.2 Å². The lowest BCUT2D eigenvalue weighted by Crippen LogP contribution is -2.54. The van der Waals surface area contributed by atoms with Gasteiger partial charge >= 0.3 is 0 Å². The molecular weight excluding hydrogens is 498 g/mol. The average molecular weight is 526 g/mol. The van der Waals surface area contributed by atoms with Gasteiger partial charge in [0.25, 0.3) is 0 Å². The van der Waals surface area contributed by atoms with Crippen LogP contribution in [0.15, 0.2) is 18.3 Å². The van der Waals surface area contributed by atoms with Gasteiger partial charge in [-0.3, -0.25) is 24.1 Å². The first kappa shape index (κ1) is 26.2. The van der Waals surface area contributed by atoms with E-state index < -0.39 is 42.3 Å². The molecule has 1 aliphatic rings. The molecule has 1 unspecified atom stereocenters. The van der Waals surface area contributed by atoms with E-state index in [0.717, 1.165) is 5.56 Å². The quantitative estimate of drug-likeness (QED) is 0.177. The number of aromatic nitrogens is 9. The van der Waals surface area contributed by atoms with Crippen LogP contribution >= 0.6 is 0 Å². The molecule has 0 fully saturated rings. The number of rotatable bonds is 11. The molecule has 0 radical (unpaired) electrons. The standard InChI is InChI=1S/C21H27N13O4/c1-3-11(2)18(25-16(35)8-14-26-30-31-27-14)21(38)24-10-17(36)34-13(7-12-5-4-6-22-19(12)34)20(37)23-9-15-28-32-33-29-15/h4-6,11,13,18H,3,7-10H2,1-2H3,(H,23,37)(H,24,38)(H,25,35)(H,26,27,30,31)(H,28,29,32,33)/t11-,13?,18-/m0/s1. The lowest BCUT2D eigenvalue weighted by Gasteiger charge is -2.26. The molecule has 4 amide bonds. The van der Waals surface area contributed by atoms with Crippen LogP contribution in [0.1, 0.15) is 37.5 Å². The smallest absolute Gasteiger partial charge is 0.248 e. The molecule has 0 aromatic carbocycles. The molecule has 38 heavy (non-hydrogen) atoms. The summed E-state index contributed by atoms with van der Waals surface area (Å²) in [6.45, 7) is 3.31. The van der Waals surface area contributed by atoms with Gasteiger partial charge in [0.1, 0.15) is 17.9 Å². The van der Waals surface area contributed by atoms with Crippen molar-refractivity contribution in [3.05, 3.63) is 35.5 Å². The molecule has 4 rings (SSSR count). The normalized spacial score (nSPS) is 15.8. The molecule has 3 atom stereocenters. The van der Waals surface area contributed by atoms with Crippen LogP contribution in [0, 0.1) is 5.92 Å². The molecule has 0 saturated heterocycles. The van der Waals surface area contributed by atoms with Gasteiger partial charge < -0.3 is 16.0 Å². The number of H-pyrrole nitrogens is 2. The first-order valence-electron chi connectivity index (χ1n) is 11.9. The highest BCUT2D eigenvalue weighted by Crippen LogP contribution is 2.30. The van der Waals surface area contributed by atoms with Crippen molar-refractivity contribution in [2.24, 2.45) is 5.92 Å². The molecule has 0 aliphatic carbocycles. The summed E-state index contributed by atoms with van der Waals surface area (Å²) in [5.74, 6) is -1.37. The SMILES string of the molecule is CC[C@H](C)[C@H](NC(=O)Cc1nn[nH]n1)C(=O)NCC(=O)N1c2ncccc2CC1C(=O)NCc1nn[nH]n1. The van der Waals surface area contributed by atoms with Crippen molar-refractivity contribution in [2.45, 2.75) is 51.7 Å². The summed E-state index contributed by atoms with van der Waals surface area (Å²) in [4.78, 5) is 57.3. The van der Waals surface area contributed by atoms with Crippen molar-refractivity contribution >= 4 is 29.4 Å². The highest BCUT2D eigenvalue weighted by atomic mass is 16.2. The van der Waals surface area contributed by atoms with Crippen molar-refractivity contribution < 1.29 is 19.2 Å². The Morgan fingerprint density at radius 1 is 1.11 bits per heavy atom. The topological polar surface area (TPSA) is 229 Å². The van der Waals surface area contributed by atoms with Gasteiger partial charge in [-0.1, -0.05) is 36.8 Å². The Kier molecular flexibility index (Phi) is 8.24. The first-order valence-corrected chi connectivity index (χ1v) is 11.9. The Balaban J connectivity index is 1.41. The Bertz CT molecular complexity index is 1260. The summed E-state index contributed by atoms with van der Waals surface area (Å²) < 4.78 is 0. The molecule has 17 heteroatoms. The molecule has 0 spiro atoms. The van der Waals surface area contributed by atoms with Crippen LogP contribution in [0.5, 0.6) is 0 Å². The summed E-state index contributed by atoms with van der Waals surface area (Å²) in [6, 6.07) is 1.73. The number of nitrogens with one attached hydrogen (secondary N) is 5. The van der Waals surface area contributed by atoms with Gasteiger partial charge in [0.15, 0.2) is 11.6 Å². The first-order chi connectivity index (χ1) is 18.4. The van der Waals surface area contributed by atoms with E-state index in [1.807, 2.05) is 13.8 Å². The maximum absolute atomic E-state index is 13.3. The number of nitrogens with zero attached hydrogens (tertiary/aromatic N) is 8. The summed E-state index contributed by atoms with van der Waals surface area (Å²) in [6.07, 6.45) is 2.21. The van der Waals surface area contributed by atoms with E-state index in [1.165, 1.54) is 11.1 Å². The van der Waals surface area contributed by atoms with Crippen LogP contribution < -0.4 is 20.9 Å². The van der Waals surface area contributed by atoms with Crippen molar-refractivity contribution in [1.82, 2.24) is 62.2 Å². The van der Waals surface area contributed by atoms with E-state index in [2.05, 4.69) is 62.2 Å². The predicted octanol–water partition coefficient (Wildman–Crippen LogP) is -2.43. The zero-order chi connectivity index (χ0) is 27.1. The minimum absolute atomic E-state index is 0.0223. The summed E-state index contributed by atoms with van der Waals surface area (Å²) >= 11 is 0. The van der Waals surface area contributed by atoms with Crippen molar-refractivity contribution in [3.8, 4) is 0 Å². The summed E-state index contributed by atoms with van der Waals surface area (Å²) in [5.41, 5.74) is 0.720. The van der Waals surface area contributed by atoms with Gasteiger partial charge in [-0.15, -0.1) is 20.4 Å². The average Bonchev–Trinajstić information content (AvgIpc) is 3.69. The number of hydrogen-bond donors (Lipinski definition) is 5. The maximum atomic E-state index is 13.3. The molecule has 200 valence electrons. The number of pyridine rings is 1. The van der Waals surface area contributed by atoms with Gasteiger partial charge in [-0.05, 0) is 17.5 Å². The number of anilines is 1. The third kappa shape index (κ3) is 6.11. The van der Waals surface area contributed by atoms with Crippen LogP contribution in [-0.4, -0.2) is 88.5 Å². The van der Waals surface area contributed by atoms with Crippen LogP contribution in [0.4, 0.5) is 5.82 Å². The Morgan fingerprint density at radius 3 is 2.53 bits per heavy atom. The fraction of sp³-hybridized carbons (Fsp3) is 0.476. The third-order valence-corrected chi connectivity index (χ3v) is 6.14. The minimum Gasteiger partial charge on any atom is -0.347 e. The van der Waals surface area contributed by atoms with E-state index in [-0.39, 0.29) is 37.0 Å². The van der Waals surface area contributed by atoms with E-state index >= 15 is 0 Å². The molecular formula is C21H27N13O4. The largest absolute Gasteiger partial charge is 0.347 e. The molecule has 1 aliphatic heterocycles. The highest BCUT2D eigenvalue weighted by molar-refractivity contribution is 6.04. The monoisotopic (exact) mass is 525 g/mol. The number of amides is 4. The number of aromatic amines is 2. The van der Waals surface area contributed by atoms with Crippen LogP contribution in [-0.2, 0) is 38.6 Å². The molecule has 5 N–H and O–H groups in total. The van der Waals surface area contributed by atoms with Crippen LogP contribution in [0.2, 0.25) is 0 Å². The Labute approximate surface area is 215 Å². The lowest BCUT2D eigenvalue weighted by atomic mass is 9.98. The predicted molar refractivity (Wildman–Crippen MR) is 128 cm³/mol. The van der Waals surface area contributed by atoms with Crippen molar-refractivity contribution in [2.75, 3.05) is 11.4 Å². The molecule has 0 bridgehead atoms. The van der Waals surface area contributed by atoms with Gasteiger partial charge in [0.2, 0.25) is 23.6 Å². The zero-order valence-corrected chi connectivity index (χ0v) is 20.7. The van der Waals surface area contributed by atoms with Gasteiger partial charge in [0, 0.05) is 12.6 Å². The number of carbonyl (C=O) groups excluding carboxylic acids is 4. The van der Waals surface area contributed by atoms with Gasteiger partial charge in [-0.25, -0.2) is 4.98 Å². The van der Waals surface area contributed by atoms with Gasteiger partial charge in [0.05, 0.1) is 19.5 Å². The fourth-order valence-corrected chi connectivity index (χ4v) is 3.98. The molecule has 4 heterocycles. The minimum atomic E-state index is -0.898. The second-order valence-corrected chi connectivity index (χ2v) is 8.67. The lowest BCUT2D eigenvalue weighted by molar-refractivity contribution is -0.131. The number of tetrazole rings is 2. The molecule has 17 nitrogen and oxygen atoms in total. The number of hydrogen-bond acceptors (Lipinski definition) is 11. The molecule has 3 aromatic heterocycles. The second-order valence-electron chi connectivity index (χ2n) is 8.67. The molecule has 3 aromatic rings. The number of carbonyl (C=O) groups is 4. The van der Waals surface area contributed by atoms with E-state index in [1.54, 1.807) is 12.1 Å². The number of fused-ring (bicyclic) bond motifs is 1. The Hall–Kier alpha value is -4.83. The highest BCUT2D eigenvalue weighted by Gasteiger charge is 2.39. The van der Waals surface area contributed by atoms with Crippen molar-refractivity contribution in [1.29, 1.82) is 0 Å². The van der Waals surface area contributed by atoms with Gasteiger partial charge in [-0.2, -0.15) is 10.4 Å². The van der Waals surface area contributed by atoms with Crippen molar-refractivity contribution in [3.63, 3.8) is 0 Å². The van der Waals surface area contributed by atoms with E-state index in [4.69, 9.17) is 0 Å². The fourth-order valence-electron chi connectivity index (χ4n) is 3.98. The Morgan fingerprint density at radius 2 is 1.84 bits per heavy atom. The maximum Gasteiger partial charge on any atom is 0.248 e. The summed E-state index contributed by atoms with van der Waals surface area (Å²) in [5, 5.41) is 34.4. The zero-order valence-electron chi connectivity index (χ0n) is 20.7. The van der Waals surface area contributed by atoms with Crippen LogP contribution in [0.25, 0.3) is 0 Å². The van der Waals surface area contributed by atoms with Crippen LogP contribution in [0.3, 0.4) is 0 Å². The molecule has 0 saturated carbocycles. The van der Waals surface area contributed by atoms with E-state index in [0.29, 0.717) is 12.2 Å². The second kappa shape index (κ2) is 11.9.